The molecule has 0 aromatic carbocycles. The molecule has 0 aliphatic carbocycles. The molecule has 15 heavy (non-hydrogen) atoms. The van der Waals surface area contributed by atoms with Gasteiger partial charge in [-0.2, -0.15) is 0 Å². The maximum Gasteiger partial charge on any atom is 0.328 e. The maximum absolute atomic E-state index is 10.4. The molecule has 1 aromatic rings. The number of aromatic nitrogens is 1. The normalized spacial score (nSPS) is 11.1. The number of aryl methyl sites for hydroxylation is 2. The molecule has 0 bridgehead atoms. The predicted molar refractivity (Wildman–Crippen MR) is 62.2 cm³/mol. The van der Waals surface area contributed by atoms with Crippen molar-refractivity contribution in [2.45, 2.75) is 33.1 Å². The summed E-state index contributed by atoms with van der Waals surface area (Å²) in [6.45, 7) is 4.15. The number of hydrogen-bond donors (Lipinski definition) is 1. The highest BCUT2D eigenvalue weighted by Gasteiger charge is 2.06. The molecule has 3 nitrogen and oxygen atoms in total. The van der Waals surface area contributed by atoms with Crippen molar-refractivity contribution in [1.82, 2.24) is 4.98 Å². The fourth-order valence-electron chi connectivity index (χ4n) is 1.26. The highest BCUT2D eigenvalue weighted by molar-refractivity contribution is 7.12. The van der Waals surface area contributed by atoms with E-state index in [0.717, 1.165) is 34.8 Å². The number of aliphatic carboxylic acids is 1. The molecule has 0 saturated carbocycles. The number of hydrogen-bond acceptors (Lipinski definition) is 3. The van der Waals surface area contributed by atoms with Crippen LogP contribution in [0.25, 0.3) is 6.08 Å². The molecule has 0 spiro atoms. The van der Waals surface area contributed by atoms with Crippen molar-refractivity contribution in [3.63, 3.8) is 0 Å². The Balaban J connectivity index is 2.92. The minimum atomic E-state index is -0.913. The zero-order chi connectivity index (χ0) is 11.3. The number of carbonyl (C=O) groups is 1. The van der Waals surface area contributed by atoms with E-state index in [1.807, 2.05) is 0 Å². The first-order chi connectivity index (χ1) is 7.17. The summed E-state index contributed by atoms with van der Waals surface area (Å²) in [5, 5.41) is 9.63. The largest absolute Gasteiger partial charge is 0.478 e. The van der Waals surface area contributed by atoms with Gasteiger partial charge in [-0.05, 0) is 18.9 Å². The molecule has 1 aromatic heterocycles. The van der Waals surface area contributed by atoms with Gasteiger partial charge >= 0.3 is 5.97 Å². The van der Waals surface area contributed by atoms with Crippen molar-refractivity contribution in [2.24, 2.45) is 0 Å². The van der Waals surface area contributed by atoms with Crippen molar-refractivity contribution in [3.05, 3.63) is 21.7 Å². The van der Waals surface area contributed by atoms with E-state index in [1.165, 1.54) is 6.08 Å². The first-order valence-electron chi connectivity index (χ1n) is 5.07. The van der Waals surface area contributed by atoms with Crippen LogP contribution < -0.4 is 0 Å². The Kier molecular flexibility index (Phi) is 4.49. The zero-order valence-electron chi connectivity index (χ0n) is 8.99. The number of nitrogens with zero attached hydrogens (tertiary/aromatic N) is 1. The molecule has 0 aliphatic rings. The summed E-state index contributed by atoms with van der Waals surface area (Å²) in [6, 6.07) is 0. The summed E-state index contributed by atoms with van der Waals surface area (Å²) < 4.78 is 0. The number of carboxylic acid groups (broad SMARTS) is 1. The Hall–Kier alpha value is -1.16. The number of rotatable bonds is 5. The van der Waals surface area contributed by atoms with E-state index < -0.39 is 5.97 Å². The molecule has 0 radical (unpaired) electrons. The average molecular weight is 225 g/mol. The van der Waals surface area contributed by atoms with E-state index in [0.29, 0.717) is 0 Å². The van der Waals surface area contributed by atoms with E-state index in [2.05, 4.69) is 18.8 Å². The molecular weight excluding hydrogens is 210 g/mol. The Morgan fingerprint density at radius 2 is 2.27 bits per heavy atom. The molecule has 1 N–H and O–H groups in total. The molecule has 1 rings (SSSR count). The monoisotopic (exact) mass is 225 g/mol. The lowest BCUT2D eigenvalue weighted by Crippen LogP contribution is -1.89. The van der Waals surface area contributed by atoms with E-state index >= 15 is 0 Å². The van der Waals surface area contributed by atoms with Crippen molar-refractivity contribution >= 4 is 23.4 Å². The van der Waals surface area contributed by atoms with E-state index in [-0.39, 0.29) is 0 Å². The second-order valence-corrected chi connectivity index (χ2v) is 4.31. The first kappa shape index (κ1) is 11.9. The molecule has 0 fully saturated rings. The van der Waals surface area contributed by atoms with Gasteiger partial charge in [0.05, 0.1) is 15.6 Å². The average Bonchev–Trinajstić information content (AvgIpc) is 2.58. The van der Waals surface area contributed by atoms with Crippen LogP contribution in [0.1, 0.15) is 35.8 Å². The van der Waals surface area contributed by atoms with Crippen LogP contribution in [-0.4, -0.2) is 16.1 Å². The van der Waals surface area contributed by atoms with Gasteiger partial charge in [-0.3, -0.25) is 0 Å². The third-order valence-corrected chi connectivity index (χ3v) is 3.15. The van der Waals surface area contributed by atoms with E-state index in [4.69, 9.17) is 5.11 Å². The minimum Gasteiger partial charge on any atom is -0.478 e. The topological polar surface area (TPSA) is 50.2 Å². The molecule has 1 heterocycles. The number of carboxylic acids is 1. The van der Waals surface area contributed by atoms with Gasteiger partial charge in [-0.25, -0.2) is 9.78 Å². The number of thiazole rings is 1. The van der Waals surface area contributed by atoms with Crippen LogP contribution in [0.5, 0.6) is 0 Å². The summed E-state index contributed by atoms with van der Waals surface area (Å²) in [6.07, 6.45) is 5.66. The second-order valence-electron chi connectivity index (χ2n) is 3.19. The summed E-state index contributed by atoms with van der Waals surface area (Å²) in [4.78, 5) is 15.9. The van der Waals surface area contributed by atoms with Gasteiger partial charge in [0.25, 0.3) is 0 Å². The highest BCUT2D eigenvalue weighted by Crippen LogP contribution is 2.21. The van der Waals surface area contributed by atoms with Crippen molar-refractivity contribution in [3.8, 4) is 0 Å². The standard InChI is InChI=1S/C11H15NO2S/c1-3-5-8-9(6-7-11(13)14)15-10(4-2)12-8/h6-7H,3-5H2,1-2H3,(H,13,14)/b7-6+. The predicted octanol–water partition coefficient (Wildman–Crippen LogP) is 2.76. The second kappa shape index (κ2) is 5.66. The van der Waals surface area contributed by atoms with Crippen LogP contribution in [0, 0.1) is 0 Å². The molecule has 0 amide bonds. The van der Waals surface area contributed by atoms with Crippen molar-refractivity contribution in [1.29, 1.82) is 0 Å². The Labute approximate surface area is 93.5 Å². The van der Waals surface area contributed by atoms with Gasteiger partial charge in [0.15, 0.2) is 0 Å². The van der Waals surface area contributed by atoms with Gasteiger partial charge in [-0.15, -0.1) is 11.3 Å². The zero-order valence-corrected chi connectivity index (χ0v) is 9.80. The fourth-order valence-corrected chi connectivity index (χ4v) is 2.21. The summed E-state index contributed by atoms with van der Waals surface area (Å²) in [5.74, 6) is -0.913. The maximum atomic E-state index is 10.4. The third kappa shape index (κ3) is 3.47. The Morgan fingerprint density at radius 3 is 2.80 bits per heavy atom. The lowest BCUT2D eigenvalue weighted by molar-refractivity contribution is -0.131. The fraction of sp³-hybridized carbons (Fsp3) is 0.455. The molecule has 82 valence electrons. The van der Waals surface area contributed by atoms with Gasteiger partial charge in [0.1, 0.15) is 0 Å². The quantitative estimate of drug-likeness (QED) is 0.784. The summed E-state index contributed by atoms with van der Waals surface area (Å²) in [5.41, 5.74) is 1.02. The molecule has 0 unspecified atom stereocenters. The highest BCUT2D eigenvalue weighted by atomic mass is 32.1. The van der Waals surface area contributed by atoms with Gasteiger partial charge in [-0.1, -0.05) is 20.3 Å². The van der Waals surface area contributed by atoms with E-state index in [9.17, 15) is 4.79 Å². The van der Waals surface area contributed by atoms with Crippen molar-refractivity contribution < 1.29 is 9.90 Å². The molecular formula is C11H15NO2S. The van der Waals surface area contributed by atoms with Gasteiger partial charge < -0.3 is 5.11 Å². The third-order valence-electron chi connectivity index (χ3n) is 1.94. The van der Waals surface area contributed by atoms with E-state index in [1.54, 1.807) is 17.4 Å². The van der Waals surface area contributed by atoms with Crippen LogP contribution >= 0.6 is 11.3 Å². The molecule has 0 aliphatic heterocycles. The Bertz CT molecular complexity index is 369. The van der Waals surface area contributed by atoms with Crippen LogP contribution in [-0.2, 0) is 17.6 Å². The lowest BCUT2D eigenvalue weighted by atomic mass is 10.2. The van der Waals surface area contributed by atoms with Crippen LogP contribution in [0.4, 0.5) is 0 Å². The molecule has 4 heteroatoms. The van der Waals surface area contributed by atoms with Crippen LogP contribution in [0.3, 0.4) is 0 Å². The Morgan fingerprint density at radius 1 is 1.53 bits per heavy atom. The summed E-state index contributed by atoms with van der Waals surface area (Å²) in [7, 11) is 0. The van der Waals surface area contributed by atoms with Crippen molar-refractivity contribution in [2.75, 3.05) is 0 Å². The molecule has 0 atom stereocenters. The summed E-state index contributed by atoms with van der Waals surface area (Å²) >= 11 is 1.58. The SMILES string of the molecule is CCCc1nc(CC)sc1/C=C/C(=O)O. The smallest absolute Gasteiger partial charge is 0.328 e. The van der Waals surface area contributed by atoms with Gasteiger partial charge in [0.2, 0.25) is 0 Å². The lowest BCUT2D eigenvalue weighted by Gasteiger charge is -1.93. The molecule has 0 saturated heterocycles. The first-order valence-corrected chi connectivity index (χ1v) is 5.88. The van der Waals surface area contributed by atoms with Crippen LogP contribution in [0.15, 0.2) is 6.08 Å². The minimum absolute atomic E-state index is 0.905. The van der Waals surface area contributed by atoms with Gasteiger partial charge in [0, 0.05) is 6.08 Å². The van der Waals surface area contributed by atoms with Crippen LogP contribution in [0.2, 0.25) is 0 Å².